The lowest BCUT2D eigenvalue weighted by molar-refractivity contribution is 0.0966. The van der Waals surface area contributed by atoms with Crippen molar-refractivity contribution >= 4 is 23.3 Å². The summed E-state index contributed by atoms with van der Waals surface area (Å²) in [6, 6.07) is 22.4. The molecule has 0 radical (unpaired) electrons. The summed E-state index contributed by atoms with van der Waals surface area (Å²) in [6.07, 6.45) is 0. The third kappa shape index (κ3) is 3.02. The molecule has 1 aliphatic rings. The Morgan fingerprint density at radius 2 is 1.54 bits per heavy atom. The van der Waals surface area contributed by atoms with E-state index < -0.39 is 0 Å². The highest BCUT2D eigenvalue weighted by Gasteiger charge is 2.26. The summed E-state index contributed by atoms with van der Waals surface area (Å²) >= 11 is 0. The molecule has 5 nitrogen and oxygen atoms in total. The molecule has 128 valence electrons. The second kappa shape index (κ2) is 6.72. The molecular formula is C21H17N3O2. The number of urea groups is 1. The smallest absolute Gasteiger partial charge is 0.323 e. The maximum absolute atomic E-state index is 12.3. The summed E-state index contributed by atoms with van der Waals surface area (Å²) in [7, 11) is 0. The molecular weight excluding hydrogens is 326 g/mol. The number of amides is 3. The van der Waals surface area contributed by atoms with E-state index >= 15 is 0 Å². The van der Waals surface area contributed by atoms with Gasteiger partial charge < -0.3 is 16.0 Å². The van der Waals surface area contributed by atoms with Crippen molar-refractivity contribution in [2.75, 3.05) is 10.6 Å². The Labute approximate surface area is 151 Å². The summed E-state index contributed by atoms with van der Waals surface area (Å²) in [5.74, 6) is -0.173. The second-order valence-corrected chi connectivity index (χ2v) is 6.01. The van der Waals surface area contributed by atoms with Gasteiger partial charge in [0, 0.05) is 12.2 Å². The number of carbonyl (C=O) groups excluding carboxylic acids is 2. The van der Waals surface area contributed by atoms with E-state index in [1.165, 1.54) is 0 Å². The number of carbonyl (C=O) groups is 2. The number of rotatable bonds is 3. The number of para-hydroxylation sites is 1. The Morgan fingerprint density at radius 1 is 0.846 bits per heavy atom. The average Bonchev–Trinajstić information content (AvgIpc) is 3.06. The zero-order valence-corrected chi connectivity index (χ0v) is 14.0. The molecule has 5 heteroatoms. The van der Waals surface area contributed by atoms with Crippen LogP contribution in [0.5, 0.6) is 0 Å². The Bertz CT molecular complexity index is 969. The van der Waals surface area contributed by atoms with Crippen LogP contribution < -0.4 is 16.0 Å². The minimum atomic E-state index is -0.384. The van der Waals surface area contributed by atoms with Crippen molar-refractivity contribution < 1.29 is 9.59 Å². The van der Waals surface area contributed by atoms with E-state index in [-0.39, 0.29) is 11.9 Å². The van der Waals surface area contributed by atoms with Crippen molar-refractivity contribution in [2.45, 2.75) is 6.54 Å². The Balaban J connectivity index is 1.65. The lowest BCUT2D eigenvalue weighted by Crippen LogP contribution is -2.21. The molecule has 0 spiro atoms. The van der Waals surface area contributed by atoms with E-state index in [0.29, 0.717) is 23.5 Å². The number of anilines is 2. The van der Waals surface area contributed by atoms with Crippen LogP contribution in [0.15, 0.2) is 72.8 Å². The lowest BCUT2D eigenvalue weighted by Gasteiger charge is -2.13. The van der Waals surface area contributed by atoms with Gasteiger partial charge in [0.2, 0.25) is 0 Å². The molecule has 0 fully saturated rings. The first-order chi connectivity index (χ1) is 12.7. The normalized spacial score (nSPS) is 12.2. The van der Waals surface area contributed by atoms with Crippen LogP contribution in [-0.2, 0) is 6.54 Å². The highest BCUT2D eigenvalue weighted by atomic mass is 16.2. The molecule has 0 aliphatic carbocycles. The molecule has 4 rings (SSSR count). The first-order valence-electron chi connectivity index (χ1n) is 8.35. The molecule has 0 unspecified atom stereocenters. The van der Waals surface area contributed by atoms with E-state index in [4.69, 9.17) is 0 Å². The summed E-state index contributed by atoms with van der Waals surface area (Å²) < 4.78 is 0. The van der Waals surface area contributed by atoms with Gasteiger partial charge in [0.1, 0.15) is 0 Å². The molecule has 0 saturated heterocycles. The van der Waals surface area contributed by atoms with Gasteiger partial charge in [-0.2, -0.15) is 0 Å². The van der Waals surface area contributed by atoms with Gasteiger partial charge in [0.05, 0.1) is 11.3 Å². The fraction of sp³-hybridized carbons (Fsp3) is 0.0476. The highest BCUT2D eigenvalue weighted by molar-refractivity contribution is 6.10. The van der Waals surface area contributed by atoms with Gasteiger partial charge in [0.25, 0.3) is 5.91 Å². The minimum Gasteiger partial charge on any atom is -0.348 e. The number of nitrogens with one attached hydrogen (secondary N) is 3. The SMILES string of the molecule is O=C(Nc1ccccc1)Nc1ccc(-c2ccccc2)c2c1C(=O)NC2. The predicted octanol–water partition coefficient (Wildman–Crippen LogP) is 4.24. The molecule has 3 amide bonds. The number of fused-ring (bicyclic) bond motifs is 1. The summed E-state index contributed by atoms with van der Waals surface area (Å²) in [4.78, 5) is 24.6. The van der Waals surface area contributed by atoms with Crippen molar-refractivity contribution in [1.82, 2.24) is 5.32 Å². The van der Waals surface area contributed by atoms with Crippen LogP contribution in [0.4, 0.5) is 16.2 Å². The molecule has 0 aromatic heterocycles. The van der Waals surface area contributed by atoms with E-state index in [0.717, 1.165) is 16.7 Å². The van der Waals surface area contributed by atoms with Gasteiger partial charge in [-0.25, -0.2) is 4.79 Å². The van der Waals surface area contributed by atoms with Crippen LogP contribution in [0.25, 0.3) is 11.1 Å². The third-order valence-electron chi connectivity index (χ3n) is 4.33. The van der Waals surface area contributed by atoms with E-state index in [1.54, 1.807) is 18.2 Å². The fourth-order valence-electron chi connectivity index (χ4n) is 3.15. The summed E-state index contributed by atoms with van der Waals surface area (Å²) in [5, 5.41) is 8.40. The first kappa shape index (κ1) is 15.9. The number of benzene rings is 3. The predicted molar refractivity (Wildman–Crippen MR) is 102 cm³/mol. The van der Waals surface area contributed by atoms with E-state index in [2.05, 4.69) is 16.0 Å². The third-order valence-corrected chi connectivity index (χ3v) is 4.33. The fourth-order valence-corrected chi connectivity index (χ4v) is 3.15. The number of hydrogen-bond acceptors (Lipinski definition) is 2. The molecule has 0 atom stereocenters. The van der Waals surface area contributed by atoms with Gasteiger partial charge in [-0.1, -0.05) is 54.6 Å². The average molecular weight is 343 g/mol. The van der Waals surface area contributed by atoms with Crippen molar-refractivity contribution in [2.24, 2.45) is 0 Å². The molecule has 3 aromatic carbocycles. The molecule has 26 heavy (non-hydrogen) atoms. The van der Waals surface area contributed by atoms with Gasteiger partial charge in [0.15, 0.2) is 0 Å². The maximum Gasteiger partial charge on any atom is 0.323 e. The molecule has 0 bridgehead atoms. The zero-order chi connectivity index (χ0) is 17.9. The zero-order valence-electron chi connectivity index (χ0n) is 14.0. The molecule has 1 aliphatic heterocycles. The van der Waals surface area contributed by atoms with E-state index in [9.17, 15) is 9.59 Å². The van der Waals surface area contributed by atoms with Crippen LogP contribution in [0.2, 0.25) is 0 Å². The van der Waals surface area contributed by atoms with Crippen LogP contribution in [0, 0.1) is 0 Å². The van der Waals surface area contributed by atoms with Crippen molar-refractivity contribution in [3.63, 3.8) is 0 Å². The summed E-state index contributed by atoms with van der Waals surface area (Å²) in [5.41, 5.74) is 4.65. The van der Waals surface area contributed by atoms with E-state index in [1.807, 2.05) is 54.6 Å². The van der Waals surface area contributed by atoms with Gasteiger partial charge in [-0.15, -0.1) is 0 Å². The van der Waals surface area contributed by atoms with Crippen LogP contribution >= 0.6 is 0 Å². The maximum atomic E-state index is 12.3. The van der Waals surface area contributed by atoms with Crippen LogP contribution in [0.1, 0.15) is 15.9 Å². The number of hydrogen-bond donors (Lipinski definition) is 3. The molecule has 3 aromatic rings. The molecule has 0 saturated carbocycles. The monoisotopic (exact) mass is 343 g/mol. The second-order valence-electron chi connectivity index (χ2n) is 6.01. The Hall–Kier alpha value is -3.60. The first-order valence-corrected chi connectivity index (χ1v) is 8.35. The highest BCUT2D eigenvalue weighted by Crippen LogP contribution is 2.33. The molecule has 1 heterocycles. The quantitative estimate of drug-likeness (QED) is 0.666. The van der Waals surface area contributed by atoms with Crippen molar-refractivity contribution in [3.8, 4) is 11.1 Å². The minimum absolute atomic E-state index is 0.173. The van der Waals surface area contributed by atoms with Crippen LogP contribution in [-0.4, -0.2) is 11.9 Å². The van der Waals surface area contributed by atoms with Crippen molar-refractivity contribution in [1.29, 1.82) is 0 Å². The largest absolute Gasteiger partial charge is 0.348 e. The lowest BCUT2D eigenvalue weighted by atomic mass is 9.95. The standard InChI is InChI=1S/C21H17N3O2/c25-20-19-17(13-22-20)16(14-7-3-1-4-8-14)11-12-18(19)24-21(26)23-15-9-5-2-6-10-15/h1-12H,13H2,(H,22,25)(H2,23,24,26). The van der Waals surface area contributed by atoms with Gasteiger partial charge >= 0.3 is 6.03 Å². The Morgan fingerprint density at radius 3 is 2.27 bits per heavy atom. The van der Waals surface area contributed by atoms with Crippen LogP contribution in [0.3, 0.4) is 0 Å². The Kier molecular flexibility index (Phi) is 4.11. The summed E-state index contributed by atoms with van der Waals surface area (Å²) in [6.45, 7) is 0.453. The van der Waals surface area contributed by atoms with Gasteiger partial charge in [-0.3, -0.25) is 4.79 Å². The molecule has 3 N–H and O–H groups in total. The van der Waals surface area contributed by atoms with Crippen molar-refractivity contribution in [3.05, 3.63) is 83.9 Å². The van der Waals surface area contributed by atoms with Gasteiger partial charge in [-0.05, 0) is 34.9 Å². The topological polar surface area (TPSA) is 70.2 Å².